The first-order valence-corrected chi connectivity index (χ1v) is 10.4. The van der Waals surface area contributed by atoms with Crippen molar-refractivity contribution in [1.82, 2.24) is 5.32 Å². The van der Waals surface area contributed by atoms with E-state index in [0.29, 0.717) is 13.1 Å². The number of ether oxygens (including phenoxy) is 2. The van der Waals surface area contributed by atoms with Crippen molar-refractivity contribution in [1.29, 1.82) is 0 Å². The summed E-state index contributed by atoms with van der Waals surface area (Å²) in [6.07, 6.45) is 0. The Kier molecular flexibility index (Phi) is 3.59. The molecule has 3 aliphatic rings. The average molecular weight is 397 g/mol. The van der Waals surface area contributed by atoms with Gasteiger partial charge in [-0.3, -0.25) is 4.79 Å². The van der Waals surface area contributed by atoms with E-state index in [1.165, 1.54) is 7.11 Å². The molecule has 3 heterocycles. The van der Waals surface area contributed by atoms with E-state index in [0.717, 1.165) is 22.3 Å². The summed E-state index contributed by atoms with van der Waals surface area (Å²) in [5.41, 5.74) is 1.79. The van der Waals surface area contributed by atoms with E-state index in [1.54, 1.807) is 0 Å². The van der Waals surface area contributed by atoms with Crippen molar-refractivity contribution in [2.45, 2.75) is 11.2 Å². The minimum Gasteiger partial charge on any atom is -0.468 e. The zero-order valence-electron chi connectivity index (χ0n) is 16.8. The van der Waals surface area contributed by atoms with Crippen molar-refractivity contribution in [3.8, 4) is 0 Å². The molecule has 4 heteroatoms. The van der Waals surface area contributed by atoms with Crippen molar-refractivity contribution >= 4 is 5.97 Å². The molecule has 3 aromatic carbocycles. The summed E-state index contributed by atoms with van der Waals surface area (Å²) in [6.45, 7) is 1.20. The van der Waals surface area contributed by atoms with Gasteiger partial charge >= 0.3 is 5.97 Å². The largest absolute Gasteiger partial charge is 0.468 e. The predicted molar refractivity (Wildman–Crippen MR) is 113 cm³/mol. The molecule has 2 bridgehead atoms. The number of benzene rings is 3. The van der Waals surface area contributed by atoms with Crippen molar-refractivity contribution in [2.75, 3.05) is 20.2 Å². The van der Waals surface area contributed by atoms with Crippen LogP contribution >= 0.6 is 0 Å². The lowest BCUT2D eigenvalue weighted by Crippen LogP contribution is -2.55. The van der Waals surface area contributed by atoms with Crippen molar-refractivity contribution in [3.63, 3.8) is 0 Å². The fourth-order valence-corrected chi connectivity index (χ4v) is 6.41. The third-order valence-corrected chi connectivity index (χ3v) is 7.42. The van der Waals surface area contributed by atoms with E-state index in [1.807, 2.05) is 42.5 Å². The quantitative estimate of drug-likeness (QED) is 0.686. The lowest BCUT2D eigenvalue weighted by molar-refractivity contribution is -0.162. The highest BCUT2D eigenvalue weighted by Crippen LogP contribution is 2.74. The fourth-order valence-electron chi connectivity index (χ4n) is 6.41. The smallest absolute Gasteiger partial charge is 0.317 e. The summed E-state index contributed by atoms with van der Waals surface area (Å²) in [6, 6.07) is 28.9. The molecule has 150 valence electrons. The minimum atomic E-state index is -0.915. The molecule has 2 saturated heterocycles. The Bertz CT molecular complexity index is 1130. The fraction of sp³-hybridized carbons (Fsp3) is 0.269. The first-order chi connectivity index (χ1) is 14.7. The third kappa shape index (κ3) is 1.79. The number of methoxy groups -OCH3 is 1. The predicted octanol–water partition coefficient (Wildman–Crippen LogP) is 3.60. The molecule has 4 atom stereocenters. The van der Waals surface area contributed by atoms with Gasteiger partial charge in [0.05, 0.1) is 7.11 Å². The Morgan fingerprint density at radius 1 is 0.900 bits per heavy atom. The molecular weight excluding hydrogens is 374 g/mol. The van der Waals surface area contributed by atoms with E-state index in [9.17, 15) is 4.79 Å². The molecular formula is C26H23NO3. The number of nitrogens with one attached hydrogen (secondary N) is 1. The van der Waals surface area contributed by atoms with Crippen LogP contribution in [0.15, 0.2) is 84.9 Å². The second-order valence-corrected chi connectivity index (χ2v) is 8.44. The molecule has 0 spiro atoms. The van der Waals surface area contributed by atoms with Crippen LogP contribution in [0.3, 0.4) is 0 Å². The van der Waals surface area contributed by atoms with Gasteiger partial charge in [-0.2, -0.15) is 0 Å². The van der Waals surface area contributed by atoms with Crippen LogP contribution in [0.25, 0.3) is 0 Å². The van der Waals surface area contributed by atoms with E-state index >= 15 is 0 Å². The standard InChI is InChI=1S/C26H23NO3/c1-29-23(28)24-17-27-16-22(24)25(18-10-4-2-5-11-18)20-14-8-9-15-21(20)26(24,30-25)19-12-6-3-7-13-19/h2-15,22,27H,16-17H2,1H3/t22-,24+,25-,26+/m1/s1. The summed E-state index contributed by atoms with van der Waals surface area (Å²) in [7, 11) is 1.48. The van der Waals surface area contributed by atoms with Gasteiger partial charge in [0.15, 0.2) is 0 Å². The Balaban J connectivity index is 1.77. The van der Waals surface area contributed by atoms with Crippen molar-refractivity contribution < 1.29 is 14.3 Å². The van der Waals surface area contributed by atoms with E-state index < -0.39 is 16.6 Å². The molecule has 0 aliphatic carbocycles. The molecule has 1 N–H and O–H groups in total. The first-order valence-electron chi connectivity index (χ1n) is 10.4. The summed E-state index contributed by atoms with van der Waals surface area (Å²) < 4.78 is 12.7. The Hall–Kier alpha value is -2.95. The number of hydrogen-bond acceptors (Lipinski definition) is 4. The number of esters is 1. The van der Waals surface area contributed by atoms with Crippen LogP contribution in [0.1, 0.15) is 22.3 Å². The van der Waals surface area contributed by atoms with Crippen LogP contribution in [-0.4, -0.2) is 26.2 Å². The Morgan fingerprint density at radius 3 is 2.17 bits per heavy atom. The maximum atomic E-state index is 13.6. The Labute approximate surface area is 175 Å². The summed E-state index contributed by atoms with van der Waals surface area (Å²) in [5.74, 6) is -0.302. The highest BCUT2D eigenvalue weighted by atomic mass is 16.6. The van der Waals surface area contributed by atoms with Gasteiger partial charge in [0.25, 0.3) is 0 Å². The molecule has 3 aromatic rings. The van der Waals surface area contributed by atoms with E-state index in [2.05, 4.69) is 47.8 Å². The lowest BCUT2D eigenvalue weighted by Gasteiger charge is -2.44. The normalized spacial score (nSPS) is 33.2. The zero-order valence-corrected chi connectivity index (χ0v) is 16.8. The van der Waals surface area contributed by atoms with Crippen LogP contribution in [0.4, 0.5) is 0 Å². The first kappa shape index (κ1) is 17.9. The van der Waals surface area contributed by atoms with Gasteiger partial charge in [-0.15, -0.1) is 0 Å². The average Bonchev–Trinajstić information content (AvgIpc) is 3.47. The molecule has 0 saturated carbocycles. The van der Waals surface area contributed by atoms with Crippen LogP contribution in [0.2, 0.25) is 0 Å². The summed E-state index contributed by atoms with van der Waals surface area (Å²) >= 11 is 0. The summed E-state index contributed by atoms with van der Waals surface area (Å²) in [4.78, 5) is 13.6. The van der Waals surface area contributed by atoms with Gasteiger partial charge in [-0.05, 0) is 22.3 Å². The highest BCUT2D eigenvalue weighted by Gasteiger charge is 2.82. The van der Waals surface area contributed by atoms with Crippen LogP contribution in [-0.2, 0) is 25.5 Å². The topological polar surface area (TPSA) is 47.6 Å². The van der Waals surface area contributed by atoms with Crippen LogP contribution in [0.5, 0.6) is 0 Å². The van der Waals surface area contributed by atoms with Gasteiger partial charge in [-0.1, -0.05) is 84.9 Å². The van der Waals surface area contributed by atoms with Gasteiger partial charge in [0, 0.05) is 19.0 Å². The van der Waals surface area contributed by atoms with Gasteiger partial charge in [0.1, 0.15) is 16.6 Å². The monoisotopic (exact) mass is 397 g/mol. The molecule has 0 aromatic heterocycles. The molecule has 0 unspecified atom stereocenters. The molecule has 3 aliphatic heterocycles. The number of rotatable bonds is 3. The Morgan fingerprint density at radius 2 is 1.50 bits per heavy atom. The number of hydrogen-bond donors (Lipinski definition) is 1. The van der Waals surface area contributed by atoms with E-state index in [4.69, 9.17) is 9.47 Å². The van der Waals surface area contributed by atoms with Crippen LogP contribution < -0.4 is 5.32 Å². The SMILES string of the molecule is COC(=O)[C@]12CNC[C@H]1[C@]1(c3ccccc3)O[C@@]2(c2ccccc2)c2ccccc21. The number of fused-ring (bicyclic) bond motifs is 8. The maximum absolute atomic E-state index is 13.6. The third-order valence-electron chi connectivity index (χ3n) is 7.42. The minimum absolute atomic E-state index is 0.0880. The molecule has 0 amide bonds. The summed E-state index contributed by atoms with van der Waals surface area (Å²) in [5, 5.41) is 3.52. The molecule has 2 fully saturated rings. The number of carbonyl (C=O) groups excluding carboxylic acids is 1. The molecule has 6 rings (SSSR count). The molecule has 0 radical (unpaired) electrons. The second-order valence-electron chi connectivity index (χ2n) is 8.44. The molecule has 30 heavy (non-hydrogen) atoms. The van der Waals surface area contributed by atoms with E-state index in [-0.39, 0.29) is 11.9 Å². The van der Waals surface area contributed by atoms with Crippen molar-refractivity contribution in [2.24, 2.45) is 11.3 Å². The second kappa shape index (κ2) is 6.03. The zero-order chi connectivity index (χ0) is 20.4. The maximum Gasteiger partial charge on any atom is 0.317 e. The lowest BCUT2D eigenvalue weighted by atomic mass is 9.53. The van der Waals surface area contributed by atoms with Gasteiger partial charge in [-0.25, -0.2) is 0 Å². The molecule has 4 nitrogen and oxygen atoms in total. The highest BCUT2D eigenvalue weighted by molar-refractivity contribution is 5.85. The van der Waals surface area contributed by atoms with Gasteiger partial charge < -0.3 is 14.8 Å². The van der Waals surface area contributed by atoms with Gasteiger partial charge in [0.2, 0.25) is 0 Å². The van der Waals surface area contributed by atoms with Crippen LogP contribution in [0, 0.1) is 11.3 Å². The number of carbonyl (C=O) groups is 1. The van der Waals surface area contributed by atoms with Crippen molar-refractivity contribution in [3.05, 3.63) is 107 Å².